The van der Waals surface area contributed by atoms with E-state index in [1.165, 1.54) is 0 Å². The van der Waals surface area contributed by atoms with Gasteiger partial charge in [0.15, 0.2) is 0 Å². The fraction of sp³-hybridized carbons (Fsp3) is 0.400. The zero-order valence-electron chi connectivity index (χ0n) is 15.6. The van der Waals surface area contributed by atoms with E-state index in [4.69, 9.17) is 9.47 Å². The van der Waals surface area contributed by atoms with Crippen LogP contribution >= 0.6 is 0 Å². The Hall–Kier alpha value is -2.64. The molecule has 1 fully saturated rings. The third-order valence-corrected chi connectivity index (χ3v) is 4.34. The number of benzene rings is 1. The molecular formula is C20H26N4O3. The first kappa shape index (κ1) is 19.1. The molecule has 7 heteroatoms. The van der Waals surface area contributed by atoms with E-state index < -0.39 is 0 Å². The zero-order valence-corrected chi connectivity index (χ0v) is 15.6. The van der Waals surface area contributed by atoms with Crippen molar-refractivity contribution >= 4 is 23.0 Å². The first-order chi connectivity index (χ1) is 13.3. The first-order valence-electron chi connectivity index (χ1n) is 9.20. The molecule has 2 N–H and O–H groups in total. The van der Waals surface area contributed by atoms with Crippen molar-refractivity contribution in [1.82, 2.24) is 10.3 Å². The summed E-state index contributed by atoms with van der Waals surface area (Å²) in [6, 6.07) is 11.8. The average molecular weight is 370 g/mol. The van der Waals surface area contributed by atoms with Crippen molar-refractivity contribution in [1.29, 1.82) is 0 Å². The van der Waals surface area contributed by atoms with Gasteiger partial charge >= 0.3 is 0 Å². The van der Waals surface area contributed by atoms with Crippen molar-refractivity contribution in [3.05, 3.63) is 48.3 Å². The lowest BCUT2D eigenvalue weighted by atomic mass is 10.2. The van der Waals surface area contributed by atoms with Gasteiger partial charge in [0.05, 0.1) is 24.6 Å². The maximum atomic E-state index is 12.3. The number of carbonyl (C=O) groups is 1. The highest BCUT2D eigenvalue weighted by Gasteiger charge is 2.15. The van der Waals surface area contributed by atoms with Crippen molar-refractivity contribution in [2.75, 3.05) is 56.8 Å². The maximum absolute atomic E-state index is 12.3. The van der Waals surface area contributed by atoms with Gasteiger partial charge in [-0.15, -0.1) is 0 Å². The molecule has 0 aliphatic carbocycles. The lowest BCUT2D eigenvalue weighted by Gasteiger charge is -2.30. The van der Waals surface area contributed by atoms with Gasteiger partial charge in [0, 0.05) is 45.2 Å². The summed E-state index contributed by atoms with van der Waals surface area (Å²) in [7, 11) is 1.65. The Morgan fingerprint density at radius 2 is 2.07 bits per heavy atom. The Kier molecular flexibility index (Phi) is 7.01. The number of nitrogens with zero attached hydrogens (tertiary/aromatic N) is 2. The van der Waals surface area contributed by atoms with Crippen LogP contribution in [0.4, 0.5) is 17.1 Å². The molecule has 2 aromatic rings. The van der Waals surface area contributed by atoms with E-state index in [9.17, 15) is 4.79 Å². The zero-order chi connectivity index (χ0) is 18.9. The van der Waals surface area contributed by atoms with Crippen LogP contribution in [0.25, 0.3) is 0 Å². The first-order valence-corrected chi connectivity index (χ1v) is 9.20. The van der Waals surface area contributed by atoms with E-state index in [2.05, 4.69) is 26.6 Å². The summed E-state index contributed by atoms with van der Waals surface area (Å²) in [4.78, 5) is 18.7. The molecule has 0 saturated carbocycles. The number of carbonyl (C=O) groups excluding carboxylic acids is 1. The number of morpholine rings is 1. The van der Waals surface area contributed by atoms with Crippen LogP contribution < -0.4 is 15.5 Å². The molecule has 7 nitrogen and oxygen atoms in total. The number of nitrogens with one attached hydrogen (secondary N) is 2. The van der Waals surface area contributed by atoms with Crippen LogP contribution in [-0.2, 0) is 9.47 Å². The van der Waals surface area contributed by atoms with Crippen molar-refractivity contribution < 1.29 is 14.3 Å². The number of pyridine rings is 1. The molecule has 0 unspecified atom stereocenters. The Morgan fingerprint density at radius 1 is 1.26 bits per heavy atom. The summed E-state index contributed by atoms with van der Waals surface area (Å²) in [5.41, 5.74) is 3.34. The Bertz CT molecular complexity index is 748. The number of amides is 1. The molecule has 1 aliphatic rings. The van der Waals surface area contributed by atoms with Gasteiger partial charge in [-0.1, -0.05) is 12.1 Å². The second-order valence-electron chi connectivity index (χ2n) is 6.27. The van der Waals surface area contributed by atoms with Crippen LogP contribution in [-0.4, -0.2) is 57.5 Å². The fourth-order valence-electron chi connectivity index (χ4n) is 2.96. The molecule has 1 aromatic carbocycles. The molecule has 0 atom stereocenters. The van der Waals surface area contributed by atoms with Crippen LogP contribution in [0.5, 0.6) is 0 Å². The average Bonchev–Trinajstić information content (AvgIpc) is 2.72. The summed E-state index contributed by atoms with van der Waals surface area (Å²) < 4.78 is 10.4. The molecule has 1 aromatic heterocycles. The van der Waals surface area contributed by atoms with E-state index in [0.717, 1.165) is 49.8 Å². The number of ether oxygens (including phenoxy) is 2. The topological polar surface area (TPSA) is 75.7 Å². The SMILES string of the molecule is COCCCNC(=O)c1cc(Nc2ccccc2N2CCOCC2)ccn1. The van der Waals surface area contributed by atoms with E-state index in [1.54, 1.807) is 19.4 Å². The molecule has 0 spiro atoms. The van der Waals surface area contributed by atoms with Gasteiger partial charge in [0.2, 0.25) is 0 Å². The van der Waals surface area contributed by atoms with Crippen LogP contribution in [0.2, 0.25) is 0 Å². The number of hydrogen-bond acceptors (Lipinski definition) is 6. The molecule has 27 heavy (non-hydrogen) atoms. The van der Waals surface area contributed by atoms with Gasteiger partial charge < -0.3 is 25.0 Å². The molecule has 144 valence electrons. The monoisotopic (exact) mass is 370 g/mol. The lowest BCUT2D eigenvalue weighted by Crippen LogP contribution is -2.36. The summed E-state index contributed by atoms with van der Waals surface area (Å²) >= 11 is 0. The summed E-state index contributed by atoms with van der Waals surface area (Å²) in [6.07, 6.45) is 2.41. The predicted molar refractivity (Wildman–Crippen MR) is 106 cm³/mol. The van der Waals surface area contributed by atoms with Gasteiger partial charge in [0.1, 0.15) is 5.69 Å². The van der Waals surface area contributed by atoms with Crippen molar-refractivity contribution in [3.63, 3.8) is 0 Å². The summed E-state index contributed by atoms with van der Waals surface area (Å²) in [5, 5.41) is 6.28. The van der Waals surface area contributed by atoms with Crippen molar-refractivity contribution in [2.24, 2.45) is 0 Å². The Balaban J connectivity index is 1.68. The molecule has 0 bridgehead atoms. The molecule has 1 aliphatic heterocycles. The van der Waals surface area contributed by atoms with Crippen LogP contribution in [0, 0.1) is 0 Å². The molecule has 1 saturated heterocycles. The number of anilines is 3. The molecule has 3 rings (SSSR count). The molecule has 1 amide bonds. The van der Waals surface area contributed by atoms with Gasteiger partial charge in [0.25, 0.3) is 5.91 Å². The predicted octanol–water partition coefficient (Wildman–Crippen LogP) is 2.43. The maximum Gasteiger partial charge on any atom is 0.269 e. The molecule has 0 radical (unpaired) electrons. The Labute approximate surface area is 159 Å². The van der Waals surface area contributed by atoms with E-state index in [0.29, 0.717) is 18.8 Å². The lowest BCUT2D eigenvalue weighted by molar-refractivity contribution is 0.0943. The highest BCUT2D eigenvalue weighted by atomic mass is 16.5. The smallest absolute Gasteiger partial charge is 0.269 e. The van der Waals surface area contributed by atoms with E-state index in [-0.39, 0.29) is 5.91 Å². The summed E-state index contributed by atoms with van der Waals surface area (Å²) in [5.74, 6) is -0.184. The number of hydrogen-bond donors (Lipinski definition) is 2. The molecule has 2 heterocycles. The molecular weight excluding hydrogens is 344 g/mol. The minimum Gasteiger partial charge on any atom is -0.385 e. The number of methoxy groups -OCH3 is 1. The highest BCUT2D eigenvalue weighted by molar-refractivity contribution is 5.93. The number of para-hydroxylation sites is 2. The fourth-order valence-corrected chi connectivity index (χ4v) is 2.96. The third-order valence-electron chi connectivity index (χ3n) is 4.34. The van der Waals surface area contributed by atoms with E-state index >= 15 is 0 Å². The second-order valence-corrected chi connectivity index (χ2v) is 6.27. The quantitative estimate of drug-likeness (QED) is 0.695. The number of rotatable bonds is 8. The highest BCUT2D eigenvalue weighted by Crippen LogP contribution is 2.29. The minimum absolute atomic E-state index is 0.184. The van der Waals surface area contributed by atoms with E-state index in [1.807, 2.05) is 24.3 Å². The summed E-state index contributed by atoms with van der Waals surface area (Å²) in [6.45, 7) is 4.38. The minimum atomic E-state index is -0.184. The van der Waals surface area contributed by atoms with Gasteiger partial charge in [-0.2, -0.15) is 0 Å². The van der Waals surface area contributed by atoms with Crippen LogP contribution in [0.1, 0.15) is 16.9 Å². The van der Waals surface area contributed by atoms with Gasteiger partial charge in [-0.05, 0) is 30.7 Å². The largest absolute Gasteiger partial charge is 0.385 e. The van der Waals surface area contributed by atoms with Gasteiger partial charge in [-0.3, -0.25) is 9.78 Å². The van der Waals surface area contributed by atoms with Crippen molar-refractivity contribution in [2.45, 2.75) is 6.42 Å². The van der Waals surface area contributed by atoms with Gasteiger partial charge in [-0.25, -0.2) is 0 Å². The second kappa shape index (κ2) is 9.89. The third kappa shape index (κ3) is 5.42. The Morgan fingerprint density at radius 3 is 2.89 bits per heavy atom. The standard InChI is InChI=1S/C20H26N4O3/c1-26-12-4-8-22-20(25)18-15-16(7-9-21-18)23-17-5-2-3-6-19(17)24-10-13-27-14-11-24/h2-3,5-7,9,15H,4,8,10-14H2,1H3,(H,21,23)(H,22,25). The normalized spacial score (nSPS) is 14.0. The van der Waals surface area contributed by atoms with Crippen LogP contribution in [0.3, 0.4) is 0 Å². The van der Waals surface area contributed by atoms with Crippen LogP contribution in [0.15, 0.2) is 42.6 Å². The number of aromatic nitrogens is 1. The van der Waals surface area contributed by atoms with Crippen molar-refractivity contribution in [3.8, 4) is 0 Å².